The number of benzene rings is 1. The van der Waals surface area contributed by atoms with Crippen LogP contribution in [0.1, 0.15) is 31.4 Å². The number of rotatable bonds is 6. The van der Waals surface area contributed by atoms with Crippen LogP contribution >= 0.6 is 0 Å². The van der Waals surface area contributed by atoms with Crippen LogP contribution in [0.2, 0.25) is 0 Å². The Morgan fingerprint density at radius 2 is 2.32 bits per heavy atom. The van der Waals surface area contributed by atoms with Gasteiger partial charge in [0.05, 0.1) is 13.2 Å². The van der Waals surface area contributed by atoms with Crippen molar-refractivity contribution in [2.24, 2.45) is 5.92 Å². The normalized spacial score (nSPS) is 22.7. The van der Waals surface area contributed by atoms with Gasteiger partial charge in [-0.2, -0.15) is 0 Å². The first-order valence-corrected chi connectivity index (χ1v) is 6.92. The van der Waals surface area contributed by atoms with E-state index in [9.17, 15) is 4.39 Å². The van der Waals surface area contributed by atoms with E-state index in [0.717, 1.165) is 38.1 Å². The van der Waals surface area contributed by atoms with Gasteiger partial charge in [0.15, 0.2) is 11.6 Å². The predicted octanol–water partition coefficient (Wildman–Crippen LogP) is 2.91. The lowest BCUT2D eigenvalue weighted by atomic mass is 9.95. The molecule has 1 aromatic rings. The Bertz CT molecular complexity index is 411. The van der Waals surface area contributed by atoms with Gasteiger partial charge in [0.2, 0.25) is 0 Å². The van der Waals surface area contributed by atoms with Crippen molar-refractivity contribution in [2.45, 2.75) is 25.9 Å². The van der Waals surface area contributed by atoms with Crippen LogP contribution in [-0.2, 0) is 4.74 Å². The number of ether oxygens (including phenoxy) is 2. The zero-order valence-electron chi connectivity index (χ0n) is 11.6. The van der Waals surface area contributed by atoms with Crippen molar-refractivity contribution in [1.82, 2.24) is 5.32 Å². The summed E-state index contributed by atoms with van der Waals surface area (Å²) in [6, 6.07) is 5.09. The molecule has 1 fully saturated rings. The van der Waals surface area contributed by atoms with Gasteiger partial charge in [-0.1, -0.05) is 13.0 Å². The third kappa shape index (κ3) is 3.45. The molecule has 0 aliphatic carbocycles. The molecule has 1 heterocycles. The van der Waals surface area contributed by atoms with Crippen LogP contribution in [0.4, 0.5) is 4.39 Å². The molecule has 2 unspecified atom stereocenters. The minimum Gasteiger partial charge on any atom is -0.494 e. The standard InChI is InChI=1S/C15H22FNO2/c1-3-7-17-10-12-6-8-19-15(12)11-4-5-14(18-2)13(16)9-11/h4-5,9,12,15,17H,3,6-8,10H2,1-2H3. The summed E-state index contributed by atoms with van der Waals surface area (Å²) in [5.74, 6) is 0.373. The van der Waals surface area contributed by atoms with E-state index in [0.29, 0.717) is 5.92 Å². The van der Waals surface area contributed by atoms with E-state index in [1.807, 2.05) is 6.07 Å². The fourth-order valence-corrected chi connectivity index (χ4v) is 2.54. The highest BCUT2D eigenvalue weighted by molar-refractivity contribution is 5.31. The summed E-state index contributed by atoms with van der Waals surface area (Å²) in [6.07, 6.45) is 2.13. The second kappa shape index (κ2) is 6.87. The summed E-state index contributed by atoms with van der Waals surface area (Å²) < 4.78 is 24.4. The average Bonchev–Trinajstić information content (AvgIpc) is 2.87. The molecular weight excluding hydrogens is 245 g/mol. The molecule has 1 aliphatic rings. The van der Waals surface area contributed by atoms with E-state index in [-0.39, 0.29) is 17.7 Å². The van der Waals surface area contributed by atoms with E-state index in [4.69, 9.17) is 9.47 Å². The number of hydrogen-bond donors (Lipinski definition) is 1. The fraction of sp³-hybridized carbons (Fsp3) is 0.600. The molecule has 4 heteroatoms. The van der Waals surface area contributed by atoms with Gasteiger partial charge in [-0.05, 0) is 37.1 Å². The Morgan fingerprint density at radius 1 is 1.47 bits per heavy atom. The molecule has 0 amide bonds. The van der Waals surface area contributed by atoms with Crippen LogP contribution in [0.25, 0.3) is 0 Å². The summed E-state index contributed by atoms with van der Waals surface area (Å²) in [6.45, 7) is 4.83. The maximum Gasteiger partial charge on any atom is 0.165 e. The molecule has 1 N–H and O–H groups in total. The maximum absolute atomic E-state index is 13.7. The zero-order valence-corrected chi connectivity index (χ0v) is 11.6. The van der Waals surface area contributed by atoms with Crippen LogP contribution in [0.5, 0.6) is 5.75 Å². The molecule has 2 atom stereocenters. The van der Waals surface area contributed by atoms with Gasteiger partial charge >= 0.3 is 0 Å². The third-order valence-corrected chi connectivity index (χ3v) is 3.55. The quantitative estimate of drug-likeness (QED) is 0.804. The van der Waals surface area contributed by atoms with Gasteiger partial charge < -0.3 is 14.8 Å². The van der Waals surface area contributed by atoms with Crippen molar-refractivity contribution >= 4 is 0 Å². The van der Waals surface area contributed by atoms with E-state index in [1.54, 1.807) is 6.07 Å². The van der Waals surface area contributed by atoms with Crippen molar-refractivity contribution in [3.63, 3.8) is 0 Å². The molecule has 1 aliphatic heterocycles. The topological polar surface area (TPSA) is 30.5 Å². The highest BCUT2D eigenvalue weighted by Gasteiger charge is 2.29. The summed E-state index contributed by atoms with van der Waals surface area (Å²) in [5, 5.41) is 3.42. The predicted molar refractivity (Wildman–Crippen MR) is 72.9 cm³/mol. The van der Waals surface area contributed by atoms with Crippen LogP contribution in [-0.4, -0.2) is 26.8 Å². The fourth-order valence-electron chi connectivity index (χ4n) is 2.54. The van der Waals surface area contributed by atoms with Crippen molar-refractivity contribution in [3.8, 4) is 5.75 Å². The second-order valence-electron chi connectivity index (χ2n) is 4.94. The molecule has 1 aromatic carbocycles. The van der Waals surface area contributed by atoms with Crippen LogP contribution in [0, 0.1) is 11.7 Å². The molecule has 0 radical (unpaired) electrons. The van der Waals surface area contributed by atoms with E-state index < -0.39 is 0 Å². The first-order chi connectivity index (χ1) is 9.26. The molecule has 0 saturated carbocycles. The summed E-state index contributed by atoms with van der Waals surface area (Å²) >= 11 is 0. The monoisotopic (exact) mass is 267 g/mol. The van der Waals surface area contributed by atoms with Gasteiger partial charge in [0, 0.05) is 19.1 Å². The van der Waals surface area contributed by atoms with E-state index in [2.05, 4.69) is 12.2 Å². The zero-order chi connectivity index (χ0) is 13.7. The lowest BCUT2D eigenvalue weighted by Gasteiger charge is -2.19. The maximum atomic E-state index is 13.7. The van der Waals surface area contributed by atoms with Gasteiger partial charge in [-0.25, -0.2) is 4.39 Å². The minimum atomic E-state index is -0.323. The summed E-state index contributed by atoms with van der Waals surface area (Å²) in [7, 11) is 1.47. The lowest BCUT2D eigenvalue weighted by Crippen LogP contribution is -2.25. The van der Waals surface area contributed by atoms with E-state index >= 15 is 0 Å². The molecule has 0 bridgehead atoms. The highest BCUT2D eigenvalue weighted by Crippen LogP contribution is 2.35. The number of hydrogen-bond acceptors (Lipinski definition) is 3. The van der Waals surface area contributed by atoms with Crippen molar-refractivity contribution in [2.75, 3.05) is 26.8 Å². The van der Waals surface area contributed by atoms with Gasteiger partial charge in [-0.15, -0.1) is 0 Å². The molecule has 106 valence electrons. The van der Waals surface area contributed by atoms with Gasteiger partial charge in [0.25, 0.3) is 0 Å². The SMILES string of the molecule is CCCNCC1CCOC1c1ccc(OC)c(F)c1. The van der Waals surface area contributed by atoms with Gasteiger partial charge in [-0.3, -0.25) is 0 Å². The molecule has 1 saturated heterocycles. The van der Waals surface area contributed by atoms with Crippen molar-refractivity contribution in [1.29, 1.82) is 0 Å². The Morgan fingerprint density at radius 3 is 3.00 bits per heavy atom. The average molecular weight is 267 g/mol. The minimum absolute atomic E-state index is 0.00948. The van der Waals surface area contributed by atoms with E-state index in [1.165, 1.54) is 13.2 Å². The number of nitrogens with one attached hydrogen (secondary N) is 1. The number of methoxy groups -OCH3 is 1. The van der Waals surface area contributed by atoms with Crippen molar-refractivity contribution in [3.05, 3.63) is 29.6 Å². The highest BCUT2D eigenvalue weighted by atomic mass is 19.1. The third-order valence-electron chi connectivity index (χ3n) is 3.55. The largest absolute Gasteiger partial charge is 0.494 e. The Labute approximate surface area is 114 Å². The molecule has 3 nitrogen and oxygen atoms in total. The van der Waals surface area contributed by atoms with Crippen LogP contribution in [0.3, 0.4) is 0 Å². The van der Waals surface area contributed by atoms with Crippen LogP contribution < -0.4 is 10.1 Å². The lowest BCUT2D eigenvalue weighted by molar-refractivity contribution is 0.0902. The molecular formula is C15H22FNO2. The molecule has 19 heavy (non-hydrogen) atoms. The molecule has 2 rings (SSSR count). The van der Waals surface area contributed by atoms with Gasteiger partial charge in [0.1, 0.15) is 0 Å². The summed E-state index contributed by atoms with van der Waals surface area (Å²) in [5.41, 5.74) is 0.902. The first-order valence-electron chi connectivity index (χ1n) is 6.92. The Balaban J connectivity index is 2.04. The smallest absolute Gasteiger partial charge is 0.165 e. The Hall–Kier alpha value is -1.13. The summed E-state index contributed by atoms with van der Waals surface area (Å²) in [4.78, 5) is 0. The van der Waals surface area contributed by atoms with Crippen LogP contribution in [0.15, 0.2) is 18.2 Å². The second-order valence-corrected chi connectivity index (χ2v) is 4.94. The van der Waals surface area contributed by atoms with Crippen molar-refractivity contribution < 1.29 is 13.9 Å². The number of halogens is 1. The molecule has 0 spiro atoms. The Kier molecular flexibility index (Phi) is 5.16. The first kappa shape index (κ1) is 14.3. The molecule has 0 aromatic heterocycles.